The van der Waals surface area contributed by atoms with Gasteiger partial charge in [-0.3, -0.25) is 4.79 Å². The molecule has 0 bridgehead atoms. The van der Waals surface area contributed by atoms with Gasteiger partial charge in [0, 0.05) is 12.2 Å². The molecule has 0 radical (unpaired) electrons. The van der Waals surface area contributed by atoms with Crippen LogP contribution in [0.15, 0.2) is 66.7 Å². The molecular formula is C20H21NO2. The molecule has 0 aliphatic heterocycles. The SMILES string of the molecule is C.CCN(C(=O)c1cc2ccccc2cc1O)c1ccccc1. The topological polar surface area (TPSA) is 40.5 Å². The van der Waals surface area contributed by atoms with E-state index < -0.39 is 0 Å². The van der Waals surface area contributed by atoms with Crippen molar-refractivity contribution < 1.29 is 9.90 Å². The number of amides is 1. The third kappa shape index (κ3) is 3.19. The maximum Gasteiger partial charge on any atom is 0.262 e. The number of phenolic OH excluding ortho intramolecular Hbond substituents is 1. The average Bonchev–Trinajstić information content (AvgIpc) is 2.55. The fraction of sp³-hybridized carbons (Fsp3) is 0.150. The summed E-state index contributed by atoms with van der Waals surface area (Å²) in [5.41, 5.74) is 1.15. The Kier molecular flexibility index (Phi) is 5.02. The predicted octanol–water partition coefficient (Wildman–Crippen LogP) is 4.85. The van der Waals surface area contributed by atoms with Crippen molar-refractivity contribution in [2.24, 2.45) is 0 Å². The molecule has 3 aromatic rings. The van der Waals surface area contributed by atoms with Gasteiger partial charge in [-0.1, -0.05) is 49.9 Å². The molecule has 0 saturated heterocycles. The Bertz CT molecular complexity index is 812. The zero-order valence-electron chi connectivity index (χ0n) is 12.4. The first-order valence-electron chi connectivity index (χ1n) is 7.29. The van der Waals surface area contributed by atoms with E-state index in [4.69, 9.17) is 0 Å². The highest BCUT2D eigenvalue weighted by atomic mass is 16.3. The van der Waals surface area contributed by atoms with Crippen molar-refractivity contribution in [2.75, 3.05) is 11.4 Å². The summed E-state index contributed by atoms with van der Waals surface area (Å²) in [6.07, 6.45) is 0. The summed E-state index contributed by atoms with van der Waals surface area (Å²) in [6.45, 7) is 2.46. The van der Waals surface area contributed by atoms with Crippen molar-refractivity contribution in [3.8, 4) is 5.75 Å². The normalized spacial score (nSPS) is 10.1. The minimum absolute atomic E-state index is 0. The Balaban J connectivity index is 0.00000192. The molecule has 1 N–H and O–H groups in total. The smallest absolute Gasteiger partial charge is 0.262 e. The highest BCUT2D eigenvalue weighted by Gasteiger charge is 2.19. The van der Waals surface area contributed by atoms with Gasteiger partial charge in [-0.2, -0.15) is 0 Å². The second kappa shape index (κ2) is 6.97. The van der Waals surface area contributed by atoms with Crippen molar-refractivity contribution >= 4 is 22.4 Å². The molecule has 0 aliphatic carbocycles. The Morgan fingerprint density at radius 2 is 1.52 bits per heavy atom. The monoisotopic (exact) mass is 307 g/mol. The maximum absolute atomic E-state index is 12.8. The molecular weight excluding hydrogens is 286 g/mol. The van der Waals surface area contributed by atoms with Crippen LogP contribution >= 0.6 is 0 Å². The van der Waals surface area contributed by atoms with Crippen LogP contribution in [0.5, 0.6) is 5.75 Å². The second-order valence-corrected chi connectivity index (χ2v) is 5.10. The van der Waals surface area contributed by atoms with Crippen LogP contribution in [0.1, 0.15) is 24.7 Å². The minimum Gasteiger partial charge on any atom is -0.507 e. The van der Waals surface area contributed by atoms with Gasteiger partial charge in [0.25, 0.3) is 5.91 Å². The lowest BCUT2D eigenvalue weighted by molar-refractivity contribution is 0.0986. The second-order valence-electron chi connectivity index (χ2n) is 5.10. The summed E-state index contributed by atoms with van der Waals surface area (Å²) in [5.74, 6) is -0.185. The van der Waals surface area contributed by atoms with E-state index in [1.807, 2.05) is 61.5 Å². The number of rotatable bonds is 3. The van der Waals surface area contributed by atoms with Gasteiger partial charge in [-0.15, -0.1) is 0 Å². The molecule has 1 amide bonds. The van der Waals surface area contributed by atoms with E-state index in [9.17, 15) is 9.90 Å². The van der Waals surface area contributed by atoms with Gasteiger partial charge in [0.1, 0.15) is 5.75 Å². The van der Waals surface area contributed by atoms with Gasteiger partial charge in [-0.05, 0) is 42.0 Å². The highest BCUT2D eigenvalue weighted by Crippen LogP contribution is 2.27. The maximum atomic E-state index is 12.8. The summed E-state index contributed by atoms with van der Waals surface area (Å²) in [6, 6.07) is 20.5. The van der Waals surface area contributed by atoms with Gasteiger partial charge in [0.05, 0.1) is 5.56 Å². The lowest BCUT2D eigenvalue weighted by Gasteiger charge is -2.21. The fourth-order valence-corrected chi connectivity index (χ4v) is 2.60. The quantitative estimate of drug-likeness (QED) is 0.751. The van der Waals surface area contributed by atoms with Crippen LogP contribution in [0, 0.1) is 0 Å². The van der Waals surface area contributed by atoms with Crippen molar-refractivity contribution in [2.45, 2.75) is 14.4 Å². The van der Waals surface area contributed by atoms with E-state index in [1.54, 1.807) is 17.0 Å². The molecule has 3 heteroatoms. The van der Waals surface area contributed by atoms with Gasteiger partial charge in [0.15, 0.2) is 0 Å². The number of para-hydroxylation sites is 1. The van der Waals surface area contributed by atoms with Crippen LogP contribution in [0.25, 0.3) is 10.8 Å². The molecule has 0 aliphatic rings. The number of aromatic hydroxyl groups is 1. The molecule has 0 unspecified atom stereocenters. The largest absolute Gasteiger partial charge is 0.507 e. The van der Waals surface area contributed by atoms with Crippen LogP contribution in [0.2, 0.25) is 0 Å². The molecule has 118 valence electrons. The summed E-state index contributed by atoms with van der Waals surface area (Å²) in [7, 11) is 0. The molecule has 3 aromatic carbocycles. The third-order valence-corrected chi connectivity index (χ3v) is 3.72. The molecule has 23 heavy (non-hydrogen) atoms. The number of fused-ring (bicyclic) bond motifs is 1. The molecule has 0 aromatic heterocycles. The molecule has 0 spiro atoms. The number of carbonyl (C=O) groups is 1. The zero-order chi connectivity index (χ0) is 15.5. The van der Waals surface area contributed by atoms with E-state index >= 15 is 0 Å². The van der Waals surface area contributed by atoms with Crippen LogP contribution in [-0.4, -0.2) is 17.6 Å². The molecule has 0 fully saturated rings. The van der Waals surface area contributed by atoms with E-state index in [0.29, 0.717) is 12.1 Å². The minimum atomic E-state index is -0.197. The molecule has 3 nitrogen and oxygen atoms in total. The molecule has 0 atom stereocenters. The number of carbonyl (C=O) groups excluding carboxylic acids is 1. The van der Waals surface area contributed by atoms with Gasteiger partial charge in [0.2, 0.25) is 0 Å². The number of hydrogen-bond acceptors (Lipinski definition) is 2. The number of phenols is 1. The first-order valence-corrected chi connectivity index (χ1v) is 7.29. The van der Waals surface area contributed by atoms with Gasteiger partial charge < -0.3 is 10.0 Å². The van der Waals surface area contributed by atoms with Crippen molar-refractivity contribution in [1.29, 1.82) is 0 Å². The van der Waals surface area contributed by atoms with Crippen LogP contribution in [-0.2, 0) is 0 Å². The first-order chi connectivity index (χ1) is 10.7. The van der Waals surface area contributed by atoms with Crippen LogP contribution < -0.4 is 4.90 Å². The zero-order valence-corrected chi connectivity index (χ0v) is 12.4. The van der Waals surface area contributed by atoms with Crippen LogP contribution in [0.4, 0.5) is 5.69 Å². The Morgan fingerprint density at radius 3 is 2.13 bits per heavy atom. The summed E-state index contributed by atoms with van der Waals surface area (Å²) < 4.78 is 0. The Labute approximate surface area is 136 Å². The van der Waals surface area contributed by atoms with Gasteiger partial charge in [-0.25, -0.2) is 0 Å². The van der Waals surface area contributed by atoms with Gasteiger partial charge >= 0.3 is 0 Å². The number of hydrogen-bond donors (Lipinski definition) is 1. The number of benzene rings is 3. The fourth-order valence-electron chi connectivity index (χ4n) is 2.60. The van der Waals surface area contributed by atoms with E-state index in [0.717, 1.165) is 16.5 Å². The standard InChI is InChI=1S/C19H17NO2.CH4/c1-2-20(16-10-4-3-5-11-16)19(22)17-12-14-8-6-7-9-15(14)13-18(17)21;/h3-13,21H,2H2,1H3;1H4. The van der Waals surface area contributed by atoms with E-state index in [2.05, 4.69) is 0 Å². The predicted molar refractivity (Wildman–Crippen MR) is 96.1 cm³/mol. The summed E-state index contributed by atoms with van der Waals surface area (Å²) in [4.78, 5) is 14.5. The molecule has 3 rings (SSSR count). The number of nitrogens with zero attached hydrogens (tertiary/aromatic N) is 1. The van der Waals surface area contributed by atoms with Crippen molar-refractivity contribution in [1.82, 2.24) is 0 Å². The third-order valence-electron chi connectivity index (χ3n) is 3.72. The van der Waals surface area contributed by atoms with E-state index in [1.165, 1.54) is 0 Å². The highest BCUT2D eigenvalue weighted by molar-refractivity contribution is 6.10. The summed E-state index contributed by atoms with van der Waals surface area (Å²) in [5, 5.41) is 12.1. The Hall–Kier alpha value is -2.81. The number of anilines is 1. The lowest BCUT2D eigenvalue weighted by atomic mass is 10.0. The molecule has 0 saturated carbocycles. The average molecular weight is 307 g/mol. The Morgan fingerprint density at radius 1 is 0.957 bits per heavy atom. The lowest BCUT2D eigenvalue weighted by Crippen LogP contribution is -2.30. The summed E-state index contributed by atoms with van der Waals surface area (Å²) >= 11 is 0. The van der Waals surface area contributed by atoms with E-state index in [-0.39, 0.29) is 19.1 Å². The van der Waals surface area contributed by atoms with Crippen molar-refractivity contribution in [3.05, 3.63) is 72.3 Å². The first kappa shape index (κ1) is 16.6. The van der Waals surface area contributed by atoms with Crippen molar-refractivity contribution in [3.63, 3.8) is 0 Å². The van der Waals surface area contributed by atoms with Crippen LogP contribution in [0.3, 0.4) is 0 Å². The molecule has 0 heterocycles.